The zero-order valence-electron chi connectivity index (χ0n) is 10.3. The number of nitrogens with one attached hydrogen (secondary N) is 1. The predicted octanol–water partition coefficient (Wildman–Crippen LogP) is 2.69. The molecule has 1 unspecified atom stereocenters. The Morgan fingerprint density at radius 1 is 1.41 bits per heavy atom. The first-order chi connectivity index (χ1) is 8.09. The van der Waals surface area contributed by atoms with E-state index in [0.717, 1.165) is 25.9 Å². The molecule has 1 amide bonds. The normalized spacial score (nSPS) is 21.2. The van der Waals surface area contributed by atoms with Crippen molar-refractivity contribution in [1.29, 1.82) is 0 Å². The number of rotatable bonds is 6. The third-order valence-corrected chi connectivity index (χ3v) is 4.18. The first-order valence-electron chi connectivity index (χ1n) is 6.14. The van der Waals surface area contributed by atoms with E-state index in [0.29, 0.717) is 18.2 Å². The largest absolute Gasteiger partial charge is 0.378 e. The van der Waals surface area contributed by atoms with Crippen LogP contribution in [0.25, 0.3) is 0 Å². The number of halogens is 2. The molecule has 3 nitrogen and oxygen atoms in total. The van der Waals surface area contributed by atoms with Crippen LogP contribution < -0.4 is 5.32 Å². The van der Waals surface area contributed by atoms with E-state index in [4.69, 9.17) is 27.9 Å². The molecule has 1 rings (SSSR count). The van der Waals surface area contributed by atoms with Crippen LogP contribution in [0, 0.1) is 0 Å². The Kier molecular flexibility index (Phi) is 6.60. The van der Waals surface area contributed by atoms with Gasteiger partial charge in [0.25, 0.3) is 0 Å². The molecule has 17 heavy (non-hydrogen) atoms. The van der Waals surface area contributed by atoms with E-state index >= 15 is 0 Å². The van der Waals surface area contributed by atoms with Gasteiger partial charge in [0.05, 0.1) is 11.6 Å². The van der Waals surface area contributed by atoms with Crippen molar-refractivity contribution in [2.75, 3.05) is 18.4 Å². The van der Waals surface area contributed by atoms with Crippen LogP contribution in [0.3, 0.4) is 0 Å². The second-order valence-corrected chi connectivity index (χ2v) is 5.44. The summed E-state index contributed by atoms with van der Waals surface area (Å²) in [4.78, 5) is 11.7. The molecular weight excluding hydrogens is 261 g/mol. The summed E-state index contributed by atoms with van der Waals surface area (Å²) in [6, 6.07) is 0. The second-order valence-electron chi connectivity index (χ2n) is 4.90. The van der Waals surface area contributed by atoms with Crippen molar-refractivity contribution in [2.24, 2.45) is 0 Å². The highest BCUT2D eigenvalue weighted by molar-refractivity contribution is 6.22. The van der Waals surface area contributed by atoms with Crippen molar-refractivity contribution in [1.82, 2.24) is 5.32 Å². The van der Waals surface area contributed by atoms with Gasteiger partial charge in [0.2, 0.25) is 5.91 Å². The van der Waals surface area contributed by atoms with Gasteiger partial charge >= 0.3 is 0 Å². The minimum atomic E-state index is -0.506. The maximum atomic E-state index is 11.7. The molecule has 1 aliphatic rings. The summed E-state index contributed by atoms with van der Waals surface area (Å²) >= 11 is 11.6. The Morgan fingerprint density at radius 2 is 2.12 bits per heavy atom. The summed E-state index contributed by atoms with van der Waals surface area (Å²) in [5, 5.41) is 2.87. The molecule has 0 aromatic heterocycles. The van der Waals surface area contributed by atoms with Gasteiger partial charge in [-0.2, -0.15) is 0 Å². The van der Waals surface area contributed by atoms with Gasteiger partial charge in [-0.25, -0.2) is 0 Å². The van der Waals surface area contributed by atoms with E-state index in [1.54, 1.807) is 0 Å². The fourth-order valence-electron chi connectivity index (χ4n) is 1.83. The van der Waals surface area contributed by atoms with E-state index in [9.17, 15) is 4.79 Å². The molecule has 100 valence electrons. The molecule has 0 radical (unpaired) electrons. The summed E-state index contributed by atoms with van der Waals surface area (Å²) in [7, 11) is 0. The molecule has 1 heterocycles. The maximum absolute atomic E-state index is 11.7. The highest BCUT2D eigenvalue weighted by atomic mass is 35.5. The molecule has 0 bridgehead atoms. The van der Waals surface area contributed by atoms with Gasteiger partial charge in [-0.3, -0.25) is 4.79 Å². The van der Waals surface area contributed by atoms with Crippen LogP contribution >= 0.6 is 23.2 Å². The Balaban J connectivity index is 2.24. The maximum Gasteiger partial charge on any atom is 0.220 e. The summed E-state index contributed by atoms with van der Waals surface area (Å²) < 4.78 is 5.58. The third kappa shape index (κ3) is 5.45. The molecule has 0 spiro atoms. The van der Waals surface area contributed by atoms with Crippen molar-refractivity contribution < 1.29 is 9.53 Å². The SMILES string of the molecule is CC(CCl)(CCl)NC(=O)CCC1CCCCO1. The van der Waals surface area contributed by atoms with Gasteiger partial charge in [-0.15, -0.1) is 23.2 Å². The number of carbonyl (C=O) groups is 1. The van der Waals surface area contributed by atoms with Crippen LogP contribution in [0.15, 0.2) is 0 Å². The summed E-state index contributed by atoms with van der Waals surface area (Å²) in [5.41, 5.74) is -0.506. The Labute approximate surface area is 113 Å². The number of amides is 1. The molecule has 1 aliphatic heterocycles. The highest BCUT2D eigenvalue weighted by Crippen LogP contribution is 2.17. The Morgan fingerprint density at radius 3 is 2.65 bits per heavy atom. The van der Waals surface area contributed by atoms with Gasteiger partial charge in [0.1, 0.15) is 0 Å². The molecule has 0 aromatic rings. The predicted molar refractivity (Wildman–Crippen MR) is 70.8 cm³/mol. The highest BCUT2D eigenvalue weighted by Gasteiger charge is 2.24. The molecule has 0 aromatic carbocycles. The minimum Gasteiger partial charge on any atom is -0.378 e. The zero-order chi connectivity index (χ0) is 12.7. The fourth-order valence-corrected chi connectivity index (χ4v) is 2.25. The lowest BCUT2D eigenvalue weighted by Crippen LogP contribution is -2.49. The molecule has 0 saturated carbocycles. The van der Waals surface area contributed by atoms with Gasteiger partial charge < -0.3 is 10.1 Å². The van der Waals surface area contributed by atoms with Crippen LogP contribution in [0.1, 0.15) is 39.0 Å². The van der Waals surface area contributed by atoms with Crippen molar-refractivity contribution in [3.8, 4) is 0 Å². The van der Waals surface area contributed by atoms with E-state index in [-0.39, 0.29) is 12.0 Å². The molecule has 1 fully saturated rings. The Hall–Kier alpha value is 0.01000. The van der Waals surface area contributed by atoms with Gasteiger partial charge in [0.15, 0.2) is 0 Å². The number of hydrogen-bond acceptors (Lipinski definition) is 2. The van der Waals surface area contributed by atoms with Crippen molar-refractivity contribution >= 4 is 29.1 Å². The minimum absolute atomic E-state index is 0.00275. The lowest BCUT2D eigenvalue weighted by atomic mass is 10.0. The summed E-state index contributed by atoms with van der Waals surface area (Å²) in [6.07, 6.45) is 4.91. The molecular formula is C12H21Cl2NO2. The monoisotopic (exact) mass is 281 g/mol. The topological polar surface area (TPSA) is 38.3 Å². The van der Waals surface area contributed by atoms with Crippen LogP contribution in [-0.2, 0) is 9.53 Å². The summed E-state index contributed by atoms with van der Waals surface area (Å²) in [6.45, 7) is 2.68. The van der Waals surface area contributed by atoms with Gasteiger partial charge in [-0.1, -0.05) is 0 Å². The van der Waals surface area contributed by atoms with E-state index in [1.807, 2.05) is 6.92 Å². The fraction of sp³-hybridized carbons (Fsp3) is 0.917. The van der Waals surface area contributed by atoms with Crippen molar-refractivity contribution in [3.63, 3.8) is 0 Å². The van der Waals surface area contributed by atoms with Gasteiger partial charge in [-0.05, 0) is 32.6 Å². The van der Waals surface area contributed by atoms with Gasteiger partial charge in [0, 0.05) is 24.8 Å². The van der Waals surface area contributed by atoms with E-state index in [1.165, 1.54) is 6.42 Å². The third-order valence-electron chi connectivity index (χ3n) is 3.00. The van der Waals surface area contributed by atoms with Crippen LogP contribution in [-0.4, -0.2) is 35.9 Å². The number of hydrogen-bond donors (Lipinski definition) is 1. The quantitative estimate of drug-likeness (QED) is 0.761. The molecule has 1 N–H and O–H groups in total. The average molecular weight is 282 g/mol. The lowest BCUT2D eigenvalue weighted by Gasteiger charge is -2.27. The van der Waals surface area contributed by atoms with Crippen molar-refractivity contribution in [2.45, 2.75) is 50.7 Å². The average Bonchev–Trinajstić information content (AvgIpc) is 2.37. The standard InChI is InChI=1S/C12H21Cl2NO2/c1-12(8-13,9-14)15-11(16)6-5-10-4-2-3-7-17-10/h10H,2-9H2,1H3,(H,15,16). The summed E-state index contributed by atoms with van der Waals surface area (Å²) in [5.74, 6) is 0.646. The van der Waals surface area contributed by atoms with E-state index < -0.39 is 5.54 Å². The number of carbonyl (C=O) groups excluding carboxylic acids is 1. The zero-order valence-corrected chi connectivity index (χ0v) is 11.8. The first kappa shape index (κ1) is 15.1. The van der Waals surface area contributed by atoms with Crippen LogP contribution in [0.5, 0.6) is 0 Å². The smallest absolute Gasteiger partial charge is 0.220 e. The van der Waals surface area contributed by atoms with Crippen LogP contribution in [0.2, 0.25) is 0 Å². The molecule has 1 saturated heterocycles. The molecule has 5 heteroatoms. The first-order valence-corrected chi connectivity index (χ1v) is 7.21. The molecule has 0 aliphatic carbocycles. The molecule has 1 atom stereocenters. The number of ether oxygens (including phenoxy) is 1. The van der Waals surface area contributed by atoms with Crippen LogP contribution in [0.4, 0.5) is 0 Å². The van der Waals surface area contributed by atoms with Crippen molar-refractivity contribution in [3.05, 3.63) is 0 Å². The van der Waals surface area contributed by atoms with E-state index in [2.05, 4.69) is 5.32 Å². The second kappa shape index (κ2) is 7.45. The number of alkyl halides is 2. The Bertz CT molecular complexity index is 239. The lowest BCUT2D eigenvalue weighted by molar-refractivity contribution is -0.123.